The molecular formula is C15H26N4. The summed E-state index contributed by atoms with van der Waals surface area (Å²) in [7, 11) is 0. The van der Waals surface area contributed by atoms with Crippen molar-refractivity contribution in [3.63, 3.8) is 0 Å². The fourth-order valence-corrected chi connectivity index (χ4v) is 1.63. The summed E-state index contributed by atoms with van der Waals surface area (Å²) in [4.78, 5) is 8.87. The van der Waals surface area contributed by atoms with Crippen molar-refractivity contribution in [3.8, 4) is 0 Å². The molecule has 0 spiro atoms. The van der Waals surface area contributed by atoms with Crippen molar-refractivity contribution in [1.29, 1.82) is 0 Å². The van der Waals surface area contributed by atoms with Gasteiger partial charge in [-0.3, -0.25) is 9.98 Å². The molecule has 0 fully saturated rings. The highest BCUT2D eigenvalue weighted by molar-refractivity contribution is 5.79. The Kier molecular flexibility index (Phi) is 7.63. The molecule has 0 aliphatic rings. The number of guanidine groups is 1. The Morgan fingerprint density at radius 1 is 1.32 bits per heavy atom. The Balaban J connectivity index is 2.32. The molecule has 1 aromatic heterocycles. The van der Waals surface area contributed by atoms with Gasteiger partial charge < -0.3 is 10.6 Å². The molecule has 2 N–H and O–H groups in total. The normalized spacial score (nSPS) is 11.7. The zero-order chi connectivity index (χ0) is 13.9. The lowest BCUT2D eigenvalue weighted by atomic mass is 10.1. The number of pyridine rings is 1. The maximum Gasteiger partial charge on any atom is 0.191 e. The van der Waals surface area contributed by atoms with E-state index in [0.29, 0.717) is 5.92 Å². The van der Waals surface area contributed by atoms with Crippen LogP contribution in [0.3, 0.4) is 0 Å². The molecule has 0 amide bonds. The Labute approximate surface area is 116 Å². The molecule has 106 valence electrons. The van der Waals surface area contributed by atoms with E-state index in [0.717, 1.165) is 44.1 Å². The van der Waals surface area contributed by atoms with E-state index in [4.69, 9.17) is 0 Å². The zero-order valence-electron chi connectivity index (χ0n) is 12.3. The zero-order valence-corrected chi connectivity index (χ0v) is 12.3. The van der Waals surface area contributed by atoms with Crippen molar-refractivity contribution in [2.75, 3.05) is 19.6 Å². The molecule has 0 saturated heterocycles. The van der Waals surface area contributed by atoms with Gasteiger partial charge in [-0.2, -0.15) is 0 Å². The van der Waals surface area contributed by atoms with Crippen LogP contribution in [0.4, 0.5) is 0 Å². The summed E-state index contributed by atoms with van der Waals surface area (Å²) in [5.41, 5.74) is 1.10. The SMILES string of the molecule is CCNC(=NCCC(C)C)NCCc1ccccn1. The van der Waals surface area contributed by atoms with Crippen molar-refractivity contribution in [3.05, 3.63) is 30.1 Å². The minimum absolute atomic E-state index is 0.695. The predicted molar refractivity (Wildman–Crippen MR) is 81.4 cm³/mol. The van der Waals surface area contributed by atoms with E-state index >= 15 is 0 Å². The average Bonchev–Trinajstić information content (AvgIpc) is 2.39. The first kappa shape index (κ1) is 15.5. The van der Waals surface area contributed by atoms with Crippen LogP contribution in [-0.4, -0.2) is 30.6 Å². The van der Waals surface area contributed by atoms with E-state index in [1.54, 1.807) is 0 Å². The van der Waals surface area contributed by atoms with Gasteiger partial charge in [0.25, 0.3) is 0 Å². The van der Waals surface area contributed by atoms with E-state index in [9.17, 15) is 0 Å². The minimum atomic E-state index is 0.695. The van der Waals surface area contributed by atoms with E-state index < -0.39 is 0 Å². The predicted octanol–water partition coefficient (Wildman–Crippen LogP) is 2.23. The summed E-state index contributed by atoms with van der Waals surface area (Å²) in [6.45, 7) is 9.13. The second-order valence-corrected chi connectivity index (χ2v) is 4.94. The summed E-state index contributed by atoms with van der Waals surface area (Å²) < 4.78 is 0. The summed E-state index contributed by atoms with van der Waals surface area (Å²) in [6, 6.07) is 6.00. The van der Waals surface area contributed by atoms with Gasteiger partial charge in [-0.05, 0) is 31.4 Å². The lowest BCUT2D eigenvalue weighted by Gasteiger charge is -2.11. The molecule has 0 aromatic carbocycles. The van der Waals surface area contributed by atoms with Gasteiger partial charge in [0.1, 0.15) is 0 Å². The van der Waals surface area contributed by atoms with Crippen LogP contribution in [0.1, 0.15) is 32.9 Å². The van der Waals surface area contributed by atoms with Crippen molar-refractivity contribution in [1.82, 2.24) is 15.6 Å². The molecule has 0 aliphatic carbocycles. The van der Waals surface area contributed by atoms with Gasteiger partial charge in [0.15, 0.2) is 5.96 Å². The highest BCUT2D eigenvalue weighted by Gasteiger charge is 1.98. The van der Waals surface area contributed by atoms with Crippen LogP contribution in [0.5, 0.6) is 0 Å². The van der Waals surface area contributed by atoms with Crippen LogP contribution < -0.4 is 10.6 Å². The quantitative estimate of drug-likeness (QED) is 0.585. The second-order valence-electron chi connectivity index (χ2n) is 4.94. The van der Waals surface area contributed by atoms with Gasteiger partial charge in [-0.1, -0.05) is 19.9 Å². The topological polar surface area (TPSA) is 49.3 Å². The fourth-order valence-electron chi connectivity index (χ4n) is 1.63. The fraction of sp³-hybridized carbons (Fsp3) is 0.600. The number of nitrogens with zero attached hydrogens (tertiary/aromatic N) is 2. The van der Waals surface area contributed by atoms with Crippen LogP contribution in [0.25, 0.3) is 0 Å². The maximum absolute atomic E-state index is 4.56. The molecule has 1 aromatic rings. The van der Waals surface area contributed by atoms with E-state index in [2.05, 4.69) is 41.4 Å². The first-order valence-corrected chi connectivity index (χ1v) is 7.14. The van der Waals surface area contributed by atoms with Gasteiger partial charge in [-0.25, -0.2) is 0 Å². The molecule has 0 unspecified atom stereocenters. The number of hydrogen-bond acceptors (Lipinski definition) is 2. The monoisotopic (exact) mass is 262 g/mol. The molecule has 4 heteroatoms. The molecule has 0 radical (unpaired) electrons. The number of rotatable bonds is 7. The molecule has 1 rings (SSSR count). The standard InChI is InChI=1S/C15H26N4/c1-4-16-15(18-11-8-13(2)3)19-12-9-14-7-5-6-10-17-14/h5-7,10,13H,4,8-9,11-12H2,1-3H3,(H2,16,18,19). The lowest BCUT2D eigenvalue weighted by molar-refractivity contribution is 0.594. The largest absolute Gasteiger partial charge is 0.357 e. The smallest absolute Gasteiger partial charge is 0.191 e. The highest BCUT2D eigenvalue weighted by Crippen LogP contribution is 1.98. The molecule has 0 bridgehead atoms. The van der Waals surface area contributed by atoms with E-state index in [-0.39, 0.29) is 0 Å². The molecule has 4 nitrogen and oxygen atoms in total. The van der Waals surface area contributed by atoms with Gasteiger partial charge in [0, 0.05) is 37.9 Å². The van der Waals surface area contributed by atoms with Crippen LogP contribution in [0, 0.1) is 5.92 Å². The Morgan fingerprint density at radius 2 is 2.16 bits per heavy atom. The Morgan fingerprint density at radius 3 is 2.79 bits per heavy atom. The number of nitrogens with one attached hydrogen (secondary N) is 2. The summed E-state index contributed by atoms with van der Waals surface area (Å²) in [5.74, 6) is 1.60. The number of aromatic nitrogens is 1. The molecule has 1 heterocycles. The minimum Gasteiger partial charge on any atom is -0.357 e. The highest BCUT2D eigenvalue weighted by atomic mass is 15.2. The third kappa shape index (κ3) is 7.44. The average molecular weight is 262 g/mol. The molecule has 19 heavy (non-hydrogen) atoms. The van der Waals surface area contributed by atoms with Crippen molar-refractivity contribution < 1.29 is 0 Å². The summed E-state index contributed by atoms with van der Waals surface area (Å²) >= 11 is 0. The van der Waals surface area contributed by atoms with E-state index in [1.165, 1.54) is 0 Å². The molecule has 0 atom stereocenters. The van der Waals surface area contributed by atoms with Gasteiger partial charge in [-0.15, -0.1) is 0 Å². The van der Waals surface area contributed by atoms with Gasteiger partial charge in [0.05, 0.1) is 0 Å². The van der Waals surface area contributed by atoms with Crippen LogP contribution in [0.15, 0.2) is 29.4 Å². The van der Waals surface area contributed by atoms with E-state index in [1.807, 2.05) is 24.4 Å². The van der Waals surface area contributed by atoms with Crippen molar-refractivity contribution in [2.24, 2.45) is 10.9 Å². The van der Waals surface area contributed by atoms with Gasteiger partial charge >= 0.3 is 0 Å². The molecule has 0 aliphatic heterocycles. The van der Waals surface area contributed by atoms with Crippen LogP contribution in [0.2, 0.25) is 0 Å². The summed E-state index contributed by atoms with van der Waals surface area (Å²) in [6.07, 6.45) is 3.86. The number of aliphatic imine (C=N–C) groups is 1. The molecular weight excluding hydrogens is 236 g/mol. The van der Waals surface area contributed by atoms with Crippen LogP contribution in [-0.2, 0) is 6.42 Å². The third-order valence-corrected chi connectivity index (χ3v) is 2.72. The first-order chi connectivity index (χ1) is 9.22. The van der Waals surface area contributed by atoms with Gasteiger partial charge in [0.2, 0.25) is 0 Å². The van der Waals surface area contributed by atoms with Crippen molar-refractivity contribution in [2.45, 2.75) is 33.6 Å². The second kappa shape index (κ2) is 9.36. The third-order valence-electron chi connectivity index (χ3n) is 2.72. The van der Waals surface area contributed by atoms with Crippen LogP contribution >= 0.6 is 0 Å². The Bertz CT molecular complexity index is 360. The lowest BCUT2D eigenvalue weighted by Crippen LogP contribution is -2.38. The van der Waals surface area contributed by atoms with Crippen molar-refractivity contribution >= 4 is 5.96 Å². The Hall–Kier alpha value is -1.58. The maximum atomic E-state index is 4.56. The first-order valence-electron chi connectivity index (χ1n) is 7.14. The number of hydrogen-bond donors (Lipinski definition) is 2. The molecule has 0 saturated carbocycles. The summed E-state index contributed by atoms with van der Waals surface area (Å²) in [5, 5.41) is 6.60.